The van der Waals surface area contributed by atoms with E-state index in [0.29, 0.717) is 23.0 Å². The summed E-state index contributed by atoms with van der Waals surface area (Å²) in [6.07, 6.45) is 0. The summed E-state index contributed by atoms with van der Waals surface area (Å²) in [6.45, 7) is 5.71. The Morgan fingerprint density at radius 2 is 2.18 bits per heavy atom. The lowest BCUT2D eigenvalue weighted by atomic mass is 9.92. The minimum atomic E-state index is -0.346. The highest BCUT2D eigenvalue weighted by molar-refractivity contribution is 7.80. The average molecular weight is 320 g/mol. The van der Waals surface area contributed by atoms with Gasteiger partial charge in [0, 0.05) is 18.3 Å². The van der Waals surface area contributed by atoms with Crippen molar-refractivity contribution in [2.45, 2.75) is 26.8 Å². The molecule has 1 aliphatic heterocycles. The number of carbonyl (C=O) groups excluding carboxylic acids is 1. The van der Waals surface area contributed by atoms with Crippen molar-refractivity contribution in [3.63, 3.8) is 0 Å². The van der Waals surface area contributed by atoms with Gasteiger partial charge in [-0.3, -0.25) is 4.79 Å². The molecule has 1 heterocycles. The SMILES string of the molecule is CCOc1cc([C@H]2NC(=S)N(C)C(C)=C2C(C)=O)ccc1O. The Bertz CT molecular complexity index is 655. The lowest BCUT2D eigenvalue weighted by Gasteiger charge is -2.35. The van der Waals surface area contributed by atoms with E-state index in [1.165, 1.54) is 0 Å². The minimum Gasteiger partial charge on any atom is -0.504 e. The topological polar surface area (TPSA) is 61.8 Å². The van der Waals surface area contributed by atoms with Crippen molar-refractivity contribution >= 4 is 23.1 Å². The number of nitrogens with one attached hydrogen (secondary N) is 1. The Labute approximate surface area is 135 Å². The maximum absolute atomic E-state index is 12.1. The van der Waals surface area contributed by atoms with Gasteiger partial charge in [-0.2, -0.15) is 0 Å². The van der Waals surface area contributed by atoms with Crippen LogP contribution in [0.2, 0.25) is 0 Å². The molecule has 0 fully saturated rings. The van der Waals surface area contributed by atoms with E-state index in [0.717, 1.165) is 11.3 Å². The summed E-state index contributed by atoms with van der Waals surface area (Å²) >= 11 is 5.32. The third-order valence-corrected chi connectivity index (χ3v) is 4.14. The first kappa shape index (κ1) is 16.3. The van der Waals surface area contributed by atoms with Crippen LogP contribution < -0.4 is 10.1 Å². The van der Waals surface area contributed by atoms with Gasteiger partial charge in [0.25, 0.3) is 0 Å². The summed E-state index contributed by atoms with van der Waals surface area (Å²) in [4.78, 5) is 13.9. The zero-order valence-electron chi connectivity index (χ0n) is 13.1. The molecule has 0 radical (unpaired) electrons. The van der Waals surface area contributed by atoms with Crippen molar-refractivity contribution in [3.8, 4) is 11.5 Å². The van der Waals surface area contributed by atoms with Crippen LogP contribution >= 0.6 is 12.2 Å². The van der Waals surface area contributed by atoms with E-state index in [-0.39, 0.29) is 17.6 Å². The summed E-state index contributed by atoms with van der Waals surface area (Å²) in [5.74, 6) is 0.453. The highest BCUT2D eigenvalue weighted by Gasteiger charge is 2.30. The number of nitrogens with zero attached hydrogens (tertiary/aromatic N) is 1. The number of thiocarbonyl (C=S) groups is 1. The molecular formula is C16H20N2O3S. The van der Waals surface area contributed by atoms with Gasteiger partial charge < -0.3 is 20.1 Å². The van der Waals surface area contributed by atoms with E-state index in [9.17, 15) is 9.90 Å². The number of phenolic OH excluding ortho intramolecular Hbond substituents is 1. The number of hydrogen-bond donors (Lipinski definition) is 2. The van der Waals surface area contributed by atoms with Gasteiger partial charge in [0.05, 0.1) is 12.6 Å². The van der Waals surface area contributed by atoms with Gasteiger partial charge in [-0.15, -0.1) is 0 Å². The molecule has 0 spiro atoms. The molecule has 0 amide bonds. The number of ketones is 1. The maximum atomic E-state index is 12.1. The molecule has 2 N–H and O–H groups in total. The largest absolute Gasteiger partial charge is 0.504 e. The fraction of sp³-hybridized carbons (Fsp3) is 0.375. The molecule has 118 valence electrons. The molecule has 5 nitrogen and oxygen atoms in total. The summed E-state index contributed by atoms with van der Waals surface area (Å²) in [5, 5.41) is 13.6. The van der Waals surface area contributed by atoms with E-state index in [1.54, 1.807) is 30.0 Å². The molecule has 0 unspecified atom stereocenters. The van der Waals surface area contributed by atoms with E-state index >= 15 is 0 Å². The molecule has 0 saturated carbocycles. The standard InChI is InChI=1S/C16H20N2O3S/c1-5-21-13-8-11(6-7-12(13)20)15-14(10(3)19)9(2)18(4)16(22)17-15/h6-8,15,20H,5H2,1-4H3,(H,17,22)/t15-/m1/s1. The number of rotatable bonds is 4. The second-order valence-corrected chi connectivity index (χ2v) is 5.54. The highest BCUT2D eigenvalue weighted by Crippen LogP contribution is 2.35. The number of aromatic hydroxyl groups is 1. The Morgan fingerprint density at radius 1 is 1.50 bits per heavy atom. The van der Waals surface area contributed by atoms with E-state index in [2.05, 4.69) is 5.32 Å². The first-order valence-electron chi connectivity index (χ1n) is 7.08. The summed E-state index contributed by atoms with van der Waals surface area (Å²) in [5.41, 5.74) is 2.30. The summed E-state index contributed by atoms with van der Waals surface area (Å²) < 4.78 is 5.42. The lowest BCUT2D eigenvalue weighted by molar-refractivity contribution is -0.114. The fourth-order valence-corrected chi connectivity index (χ4v) is 2.78. The number of hydrogen-bond acceptors (Lipinski definition) is 4. The molecule has 1 aromatic carbocycles. The van der Waals surface area contributed by atoms with Gasteiger partial charge in [0.15, 0.2) is 22.4 Å². The monoisotopic (exact) mass is 320 g/mol. The first-order chi connectivity index (χ1) is 10.4. The third-order valence-electron chi connectivity index (χ3n) is 3.75. The van der Waals surface area contributed by atoms with Crippen molar-refractivity contribution in [1.29, 1.82) is 0 Å². The predicted octanol–water partition coefficient (Wildman–Crippen LogP) is 2.51. The predicted molar refractivity (Wildman–Crippen MR) is 88.9 cm³/mol. The molecule has 0 aromatic heterocycles. The van der Waals surface area contributed by atoms with E-state index in [1.807, 2.05) is 20.9 Å². The molecule has 1 atom stereocenters. The number of phenols is 1. The summed E-state index contributed by atoms with van der Waals surface area (Å²) in [7, 11) is 1.83. The lowest BCUT2D eigenvalue weighted by Crippen LogP contribution is -2.45. The average Bonchev–Trinajstić information content (AvgIpc) is 2.46. The van der Waals surface area contributed by atoms with Crippen molar-refractivity contribution in [3.05, 3.63) is 35.0 Å². The Kier molecular flexibility index (Phi) is 4.71. The number of carbonyl (C=O) groups is 1. The number of ether oxygens (including phenoxy) is 1. The van der Waals surface area contributed by atoms with Crippen LogP contribution in [-0.2, 0) is 4.79 Å². The van der Waals surface area contributed by atoms with Crippen LogP contribution in [0, 0.1) is 0 Å². The molecule has 6 heteroatoms. The molecule has 22 heavy (non-hydrogen) atoms. The minimum absolute atomic E-state index is 0.0182. The first-order valence-corrected chi connectivity index (χ1v) is 7.49. The Hall–Kier alpha value is -2.08. The molecule has 2 rings (SSSR count). The second-order valence-electron chi connectivity index (χ2n) is 5.16. The van der Waals surface area contributed by atoms with Gasteiger partial charge in [-0.05, 0) is 50.7 Å². The molecule has 1 aliphatic rings. The van der Waals surface area contributed by atoms with Crippen LogP contribution in [-0.4, -0.2) is 34.6 Å². The molecule has 0 bridgehead atoms. The van der Waals surface area contributed by atoms with E-state index in [4.69, 9.17) is 17.0 Å². The van der Waals surface area contributed by atoms with Gasteiger partial charge >= 0.3 is 0 Å². The quantitative estimate of drug-likeness (QED) is 0.831. The van der Waals surface area contributed by atoms with Crippen molar-refractivity contribution < 1.29 is 14.6 Å². The van der Waals surface area contributed by atoms with Crippen LogP contribution in [0.1, 0.15) is 32.4 Å². The Balaban J connectivity index is 2.52. The number of benzene rings is 1. The van der Waals surface area contributed by atoms with Crippen LogP contribution in [0.4, 0.5) is 0 Å². The van der Waals surface area contributed by atoms with Gasteiger partial charge in [0.1, 0.15) is 0 Å². The van der Waals surface area contributed by atoms with Gasteiger partial charge in [-0.25, -0.2) is 0 Å². The maximum Gasteiger partial charge on any atom is 0.173 e. The molecule has 0 saturated heterocycles. The summed E-state index contributed by atoms with van der Waals surface area (Å²) in [6, 6.07) is 4.72. The van der Waals surface area contributed by atoms with Gasteiger partial charge in [-0.1, -0.05) is 6.07 Å². The highest BCUT2D eigenvalue weighted by atomic mass is 32.1. The van der Waals surface area contributed by atoms with Gasteiger partial charge in [0.2, 0.25) is 0 Å². The van der Waals surface area contributed by atoms with Crippen molar-refractivity contribution in [2.24, 2.45) is 0 Å². The Morgan fingerprint density at radius 3 is 2.77 bits per heavy atom. The molecule has 0 aliphatic carbocycles. The zero-order chi connectivity index (χ0) is 16.4. The van der Waals surface area contributed by atoms with Crippen molar-refractivity contribution in [1.82, 2.24) is 10.2 Å². The normalized spacial score (nSPS) is 18.3. The van der Waals surface area contributed by atoms with Crippen molar-refractivity contribution in [2.75, 3.05) is 13.7 Å². The zero-order valence-corrected chi connectivity index (χ0v) is 14.0. The van der Waals surface area contributed by atoms with E-state index < -0.39 is 0 Å². The smallest absolute Gasteiger partial charge is 0.173 e. The second kappa shape index (κ2) is 6.36. The van der Waals surface area contributed by atoms with Crippen LogP contribution in [0.5, 0.6) is 11.5 Å². The third kappa shape index (κ3) is 2.92. The number of Topliss-reactive ketones (excluding diaryl/α,β-unsaturated/α-hetero) is 1. The van der Waals surface area contributed by atoms with Crippen LogP contribution in [0.25, 0.3) is 0 Å². The number of allylic oxidation sites excluding steroid dienone is 1. The van der Waals surface area contributed by atoms with Crippen LogP contribution in [0.15, 0.2) is 29.5 Å². The molecule has 1 aromatic rings. The fourth-order valence-electron chi connectivity index (χ4n) is 2.52. The van der Waals surface area contributed by atoms with Crippen LogP contribution in [0.3, 0.4) is 0 Å². The molecular weight excluding hydrogens is 300 g/mol.